The Morgan fingerprint density at radius 2 is 1.79 bits per heavy atom. The molecule has 1 aliphatic rings. The van der Waals surface area contributed by atoms with Crippen LogP contribution in [-0.2, 0) is 0 Å². The quantitative estimate of drug-likeness (QED) is 0.849. The lowest BCUT2D eigenvalue weighted by Gasteiger charge is -2.34. The summed E-state index contributed by atoms with van der Waals surface area (Å²) < 4.78 is 27.3. The predicted octanol–water partition coefficient (Wildman–Crippen LogP) is 3.33. The van der Waals surface area contributed by atoms with Gasteiger partial charge in [0.15, 0.2) is 5.78 Å². The van der Waals surface area contributed by atoms with Crippen LogP contribution in [0.5, 0.6) is 0 Å². The number of rotatable bonds is 3. The van der Waals surface area contributed by atoms with E-state index in [2.05, 4.69) is 17.2 Å². The van der Waals surface area contributed by atoms with Crippen molar-refractivity contribution in [1.82, 2.24) is 10.6 Å². The Morgan fingerprint density at radius 3 is 2.46 bits per heavy atom. The summed E-state index contributed by atoms with van der Waals surface area (Å²) in [4.78, 5) is 24.6. The van der Waals surface area contributed by atoms with E-state index in [9.17, 15) is 18.4 Å². The fraction of sp³-hybridized carbons (Fsp3) is 0.111. The second-order valence-corrected chi connectivity index (χ2v) is 5.48. The standard InChI is InChI=1S/C18H14F2N2O2/c1-10-15(17(23)11-5-3-2-4-6-11)16(22-18(24)21-10)13-8-7-12(19)9-14(13)20/h2-9,15-16H,1H2,(H2,21,22,24)/t15-,16-/m0/s1. The minimum Gasteiger partial charge on any atom is -0.330 e. The first kappa shape index (κ1) is 15.9. The smallest absolute Gasteiger partial charge is 0.319 e. The van der Waals surface area contributed by atoms with Gasteiger partial charge < -0.3 is 10.6 Å². The molecular weight excluding hydrogens is 314 g/mol. The number of hydrogen-bond donors (Lipinski definition) is 2. The summed E-state index contributed by atoms with van der Waals surface area (Å²) in [6, 6.07) is 9.90. The average Bonchev–Trinajstić information content (AvgIpc) is 2.54. The number of hydrogen-bond acceptors (Lipinski definition) is 2. The Balaban J connectivity index is 2.04. The summed E-state index contributed by atoms with van der Waals surface area (Å²) in [5, 5.41) is 4.98. The van der Waals surface area contributed by atoms with Crippen molar-refractivity contribution in [2.24, 2.45) is 5.92 Å². The molecule has 24 heavy (non-hydrogen) atoms. The number of urea groups is 1. The van der Waals surface area contributed by atoms with Gasteiger partial charge in [0, 0.05) is 22.9 Å². The molecule has 3 rings (SSSR count). The monoisotopic (exact) mass is 328 g/mol. The van der Waals surface area contributed by atoms with Crippen LogP contribution in [0.15, 0.2) is 60.8 Å². The number of carbonyl (C=O) groups excluding carboxylic acids is 2. The van der Waals surface area contributed by atoms with E-state index in [1.165, 1.54) is 6.07 Å². The highest BCUT2D eigenvalue weighted by molar-refractivity contribution is 6.01. The lowest BCUT2D eigenvalue weighted by Crippen LogP contribution is -2.51. The summed E-state index contributed by atoms with van der Waals surface area (Å²) in [6.45, 7) is 3.73. The zero-order valence-corrected chi connectivity index (χ0v) is 12.6. The number of ketones is 1. The lowest BCUT2D eigenvalue weighted by atomic mass is 9.83. The van der Waals surface area contributed by atoms with E-state index in [0.29, 0.717) is 5.56 Å². The first-order valence-electron chi connectivity index (χ1n) is 7.28. The minimum absolute atomic E-state index is 0.0293. The third-order valence-corrected chi connectivity index (χ3v) is 3.91. The van der Waals surface area contributed by atoms with Gasteiger partial charge in [-0.3, -0.25) is 4.79 Å². The molecule has 2 atom stereocenters. The molecule has 122 valence electrons. The number of Topliss-reactive ketones (excluding diaryl/α,β-unsaturated/α-hetero) is 1. The van der Waals surface area contributed by atoms with Gasteiger partial charge in [-0.05, 0) is 6.07 Å². The van der Waals surface area contributed by atoms with Crippen molar-refractivity contribution in [2.45, 2.75) is 6.04 Å². The van der Waals surface area contributed by atoms with Crippen molar-refractivity contribution in [3.63, 3.8) is 0 Å². The van der Waals surface area contributed by atoms with Gasteiger partial charge in [-0.25, -0.2) is 13.6 Å². The Hall–Kier alpha value is -3.02. The summed E-state index contributed by atoms with van der Waals surface area (Å²) >= 11 is 0. The molecule has 1 heterocycles. The Morgan fingerprint density at radius 1 is 1.08 bits per heavy atom. The molecule has 0 radical (unpaired) electrons. The van der Waals surface area contributed by atoms with E-state index in [0.717, 1.165) is 12.1 Å². The van der Waals surface area contributed by atoms with Crippen molar-refractivity contribution in [1.29, 1.82) is 0 Å². The molecule has 6 heteroatoms. The Bertz CT molecular complexity index is 821. The first-order valence-corrected chi connectivity index (χ1v) is 7.28. The van der Waals surface area contributed by atoms with Crippen molar-refractivity contribution < 1.29 is 18.4 Å². The van der Waals surface area contributed by atoms with Crippen molar-refractivity contribution in [3.05, 3.63) is 83.6 Å². The average molecular weight is 328 g/mol. The van der Waals surface area contributed by atoms with Gasteiger partial charge in [-0.2, -0.15) is 0 Å². The summed E-state index contributed by atoms with van der Waals surface area (Å²) in [5.41, 5.74) is 0.608. The fourth-order valence-corrected chi connectivity index (χ4v) is 2.79. The van der Waals surface area contributed by atoms with Gasteiger partial charge in [0.05, 0.1) is 12.0 Å². The van der Waals surface area contributed by atoms with E-state index in [4.69, 9.17) is 0 Å². The molecule has 0 aliphatic carbocycles. The molecule has 2 amide bonds. The van der Waals surface area contributed by atoms with Gasteiger partial charge in [-0.1, -0.05) is 43.0 Å². The highest BCUT2D eigenvalue weighted by Crippen LogP contribution is 2.33. The summed E-state index contributed by atoms with van der Waals surface area (Å²) in [5.74, 6) is -2.80. The number of benzene rings is 2. The SMILES string of the molecule is C=C1NC(=O)N[C@@H](c2ccc(F)cc2F)[C@H]1C(=O)c1ccccc1. The molecule has 2 aromatic carbocycles. The first-order chi connectivity index (χ1) is 11.5. The molecule has 4 nitrogen and oxygen atoms in total. The molecule has 1 aliphatic heterocycles. The molecule has 2 aromatic rings. The zero-order chi connectivity index (χ0) is 17.3. The van der Waals surface area contributed by atoms with Gasteiger partial charge in [0.25, 0.3) is 0 Å². The zero-order valence-electron chi connectivity index (χ0n) is 12.6. The number of halogens is 2. The van der Waals surface area contributed by atoms with Crippen LogP contribution >= 0.6 is 0 Å². The summed E-state index contributed by atoms with van der Waals surface area (Å²) in [6.07, 6.45) is 0. The van der Waals surface area contributed by atoms with Crippen LogP contribution in [-0.4, -0.2) is 11.8 Å². The van der Waals surface area contributed by atoms with Gasteiger partial charge in [0.1, 0.15) is 11.6 Å². The number of carbonyl (C=O) groups is 2. The Labute approximate surface area is 137 Å². The maximum atomic E-state index is 14.2. The van der Waals surface area contributed by atoms with Crippen LogP contribution in [0.25, 0.3) is 0 Å². The van der Waals surface area contributed by atoms with Crippen LogP contribution in [0.3, 0.4) is 0 Å². The largest absolute Gasteiger partial charge is 0.330 e. The van der Waals surface area contributed by atoms with Crippen LogP contribution in [0.4, 0.5) is 13.6 Å². The van der Waals surface area contributed by atoms with E-state index >= 15 is 0 Å². The van der Waals surface area contributed by atoms with E-state index in [1.54, 1.807) is 30.3 Å². The molecule has 1 saturated heterocycles. The van der Waals surface area contributed by atoms with Crippen molar-refractivity contribution in [2.75, 3.05) is 0 Å². The molecule has 0 aromatic heterocycles. The third kappa shape index (κ3) is 2.90. The highest BCUT2D eigenvalue weighted by Gasteiger charge is 2.39. The van der Waals surface area contributed by atoms with Crippen LogP contribution in [0, 0.1) is 17.6 Å². The van der Waals surface area contributed by atoms with Crippen molar-refractivity contribution >= 4 is 11.8 Å². The second-order valence-electron chi connectivity index (χ2n) is 5.48. The molecule has 0 saturated carbocycles. The van der Waals surface area contributed by atoms with Crippen LogP contribution < -0.4 is 10.6 Å². The molecule has 0 bridgehead atoms. The van der Waals surface area contributed by atoms with Gasteiger partial charge in [-0.15, -0.1) is 0 Å². The molecule has 0 spiro atoms. The second kappa shape index (κ2) is 6.23. The third-order valence-electron chi connectivity index (χ3n) is 3.91. The predicted molar refractivity (Wildman–Crippen MR) is 84.2 cm³/mol. The highest BCUT2D eigenvalue weighted by atomic mass is 19.1. The van der Waals surface area contributed by atoms with Gasteiger partial charge in [0.2, 0.25) is 0 Å². The number of amides is 2. The minimum atomic E-state index is -0.973. The fourth-order valence-electron chi connectivity index (χ4n) is 2.79. The van der Waals surface area contributed by atoms with E-state index < -0.39 is 29.6 Å². The molecular formula is C18H14F2N2O2. The Kier molecular flexibility index (Phi) is 4.12. The van der Waals surface area contributed by atoms with Crippen LogP contribution in [0.1, 0.15) is 22.0 Å². The van der Waals surface area contributed by atoms with Gasteiger partial charge >= 0.3 is 6.03 Å². The van der Waals surface area contributed by atoms with Crippen LogP contribution in [0.2, 0.25) is 0 Å². The number of nitrogens with one attached hydrogen (secondary N) is 2. The molecule has 1 fully saturated rings. The maximum absolute atomic E-state index is 14.2. The lowest BCUT2D eigenvalue weighted by molar-refractivity contribution is 0.0904. The summed E-state index contributed by atoms with van der Waals surface area (Å²) in [7, 11) is 0. The maximum Gasteiger partial charge on any atom is 0.319 e. The normalized spacial score (nSPS) is 20.2. The van der Waals surface area contributed by atoms with E-state index in [-0.39, 0.29) is 17.0 Å². The van der Waals surface area contributed by atoms with Crippen molar-refractivity contribution in [3.8, 4) is 0 Å². The molecule has 2 N–H and O–H groups in total. The topological polar surface area (TPSA) is 58.2 Å². The molecule has 0 unspecified atom stereocenters. The van der Waals surface area contributed by atoms with E-state index in [1.807, 2.05) is 0 Å².